The number of aliphatic carboxylic acids is 1. The van der Waals surface area contributed by atoms with Gasteiger partial charge in [0.1, 0.15) is 18.7 Å². The molecule has 0 saturated carbocycles. The van der Waals surface area contributed by atoms with Gasteiger partial charge in [0, 0.05) is 5.92 Å². The Bertz CT molecular complexity index is 935. The number of nitrogens with one attached hydrogen (secondary N) is 2. The monoisotopic (exact) mass is 456 g/mol. The zero-order chi connectivity index (χ0) is 23.1. The molecule has 0 aromatic heterocycles. The molecule has 1 aliphatic carbocycles. The summed E-state index contributed by atoms with van der Waals surface area (Å²) >= 11 is 1.54. The van der Waals surface area contributed by atoms with Crippen molar-refractivity contribution in [3.8, 4) is 11.1 Å². The maximum atomic E-state index is 12.6. The highest BCUT2D eigenvalue weighted by atomic mass is 32.2. The SMILES string of the molecule is CCC(NC(=O)[C@@H](CCSC)NC(=O)OCC1c2ccccc2-c2ccccc21)C(=O)O. The molecule has 2 aromatic rings. The van der Waals surface area contributed by atoms with Gasteiger partial charge >= 0.3 is 12.1 Å². The van der Waals surface area contributed by atoms with Crippen molar-refractivity contribution in [1.29, 1.82) is 0 Å². The van der Waals surface area contributed by atoms with Crippen molar-refractivity contribution in [2.45, 2.75) is 37.8 Å². The average Bonchev–Trinajstić information content (AvgIpc) is 3.12. The summed E-state index contributed by atoms with van der Waals surface area (Å²) < 4.78 is 5.53. The van der Waals surface area contributed by atoms with Crippen LogP contribution in [0, 0.1) is 0 Å². The van der Waals surface area contributed by atoms with Crippen LogP contribution in [0.1, 0.15) is 36.8 Å². The van der Waals surface area contributed by atoms with Gasteiger partial charge in [-0.1, -0.05) is 55.5 Å². The molecular weight excluding hydrogens is 428 g/mol. The van der Waals surface area contributed by atoms with Crippen LogP contribution in [-0.2, 0) is 14.3 Å². The molecule has 0 spiro atoms. The summed E-state index contributed by atoms with van der Waals surface area (Å²) in [6.07, 6.45) is 1.82. The Kier molecular flexibility index (Phi) is 8.16. The third-order valence-corrected chi connectivity index (χ3v) is 6.23. The molecule has 0 heterocycles. The molecule has 0 bridgehead atoms. The van der Waals surface area contributed by atoms with Crippen molar-refractivity contribution in [1.82, 2.24) is 10.6 Å². The number of rotatable bonds is 10. The molecule has 8 heteroatoms. The average molecular weight is 457 g/mol. The van der Waals surface area contributed by atoms with Crippen LogP contribution in [0.3, 0.4) is 0 Å². The van der Waals surface area contributed by atoms with Crippen LogP contribution in [-0.4, -0.2) is 53.8 Å². The number of thioether (sulfide) groups is 1. The van der Waals surface area contributed by atoms with E-state index in [2.05, 4.69) is 22.8 Å². The van der Waals surface area contributed by atoms with Gasteiger partial charge in [-0.25, -0.2) is 9.59 Å². The van der Waals surface area contributed by atoms with E-state index in [4.69, 9.17) is 4.74 Å². The minimum absolute atomic E-state index is 0.0805. The van der Waals surface area contributed by atoms with E-state index in [0.717, 1.165) is 22.3 Å². The predicted molar refractivity (Wildman–Crippen MR) is 125 cm³/mol. The molecule has 2 atom stereocenters. The lowest BCUT2D eigenvalue weighted by atomic mass is 9.98. The van der Waals surface area contributed by atoms with Gasteiger partial charge in [0.15, 0.2) is 0 Å². The van der Waals surface area contributed by atoms with Crippen molar-refractivity contribution in [3.05, 3.63) is 59.7 Å². The van der Waals surface area contributed by atoms with Gasteiger partial charge in [0.25, 0.3) is 0 Å². The Hall–Kier alpha value is -3.00. The van der Waals surface area contributed by atoms with Crippen molar-refractivity contribution >= 4 is 29.7 Å². The molecule has 2 amide bonds. The van der Waals surface area contributed by atoms with Crippen molar-refractivity contribution in [2.24, 2.45) is 0 Å². The van der Waals surface area contributed by atoms with Crippen LogP contribution in [0.15, 0.2) is 48.5 Å². The lowest BCUT2D eigenvalue weighted by molar-refractivity contribution is -0.142. The van der Waals surface area contributed by atoms with E-state index < -0.39 is 30.1 Å². The number of hydrogen-bond acceptors (Lipinski definition) is 5. The summed E-state index contributed by atoms with van der Waals surface area (Å²) in [7, 11) is 0. The van der Waals surface area contributed by atoms with Crippen LogP contribution < -0.4 is 10.6 Å². The number of carboxylic acids is 1. The number of alkyl carbamates (subject to hydrolysis) is 1. The quantitative estimate of drug-likeness (QED) is 0.504. The fourth-order valence-corrected chi connectivity index (χ4v) is 4.37. The third kappa shape index (κ3) is 5.43. The lowest BCUT2D eigenvalue weighted by Gasteiger charge is -2.21. The van der Waals surface area contributed by atoms with Gasteiger partial charge in [-0.2, -0.15) is 11.8 Å². The van der Waals surface area contributed by atoms with Crippen LogP contribution in [0.2, 0.25) is 0 Å². The summed E-state index contributed by atoms with van der Waals surface area (Å²) in [4.78, 5) is 36.4. The zero-order valence-electron chi connectivity index (χ0n) is 18.2. The van der Waals surface area contributed by atoms with E-state index in [1.165, 1.54) is 11.8 Å². The number of carbonyl (C=O) groups is 3. The second kappa shape index (κ2) is 11.0. The van der Waals surface area contributed by atoms with E-state index >= 15 is 0 Å². The Morgan fingerprint density at radius 3 is 2.12 bits per heavy atom. The van der Waals surface area contributed by atoms with E-state index in [-0.39, 0.29) is 18.9 Å². The molecule has 0 radical (unpaired) electrons. The Labute approximate surface area is 191 Å². The van der Waals surface area contributed by atoms with E-state index in [9.17, 15) is 19.5 Å². The molecule has 7 nitrogen and oxygen atoms in total. The van der Waals surface area contributed by atoms with Crippen LogP contribution in [0.5, 0.6) is 0 Å². The number of hydrogen-bond donors (Lipinski definition) is 3. The van der Waals surface area contributed by atoms with Gasteiger partial charge in [0.05, 0.1) is 0 Å². The number of benzene rings is 2. The third-order valence-electron chi connectivity index (χ3n) is 5.59. The molecule has 2 aromatic carbocycles. The first kappa shape index (κ1) is 23.7. The highest BCUT2D eigenvalue weighted by molar-refractivity contribution is 7.98. The van der Waals surface area contributed by atoms with Gasteiger partial charge in [-0.15, -0.1) is 0 Å². The van der Waals surface area contributed by atoms with Gasteiger partial charge in [-0.3, -0.25) is 4.79 Å². The van der Waals surface area contributed by atoms with Gasteiger partial charge < -0.3 is 20.5 Å². The highest BCUT2D eigenvalue weighted by Gasteiger charge is 2.30. The molecule has 1 unspecified atom stereocenters. The minimum Gasteiger partial charge on any atom is -0.480 e. The van der Waals surface area contributed by atoms with Gasteiger partial charge in [0.2, 0.25) is 5.91 Å². The molecule has 0 fully saturated rings. The van der Waals surface area contributed by atoms with Crippen LogP contribution in [0.25, 0.3) is 11.1 Å². The summed E-state index contributed by atoms with van der Waals surface area (Å²) in [6.45, 7) is 1.82. The van der Waals surface area contributed by atoms with Crippen LogP contribution in [0.4, 0.5) is 4.79 Å². The molecule has 3 N–H and O–H groups in total. The summed E-state index contributed by atoms with van der Waals surface area (Å²) in [6, 6.07) is 14.2. The number of ether oxygens (including phenoxy) is 1. The second-order valence-corrected chi connectivity index (χ2v) is 8.60. The molecular formula is C24H28N2O5S. The summed E-state index contributed by atoms with van der Waals surface area (Å²) in [5.74, 6) is -1.08. The Morgan fingerprint density at radius 2 is 1.59 bits per heavy atom. The first-order valence-corrected chi connectivity index (χ1v) is 12.0. The maximum absolute atomic E-state index is 12.6. The zero-order valence-corrected chi connectivity index (χ0v) is 19.0. The van der Waals surface area contributed by atoms with Crippen molar-refractivity contribution in [3.63, 3.8) is 0 Å². The fraction of sp³-hybridized carbons (Fsp3) is 0.375. The fourth-order valence-electron chi connectivity index (χ4n) is 3.90. The number of amides is 2. The number of carboxylic acid groups (broad SMARTS) is 1. The Morgan fingerprint density at radius 1 is 1.00 bits per heavy atom. The molecule has 170 valence electrons. The van der Waals surface area contributed by atoms with E-state index in [0.29, 0.717) is 12.2 Å². The van der Waals surface area contributed by atoms with Crippen molar-refractivity contribution < 1.29 is 24.2 Å². The number of fused-ring (bicyclic) bond motifs is 3. The first-order valence-electron chi connectivity index (χ1n) is 10.6. The summed E-state index contributed by atoms with van der Waals surface area (Å²) in [5.41, 5.74) is 4.47. The number of carbonyl (C=O) groups excluding carboxylic acids is 2. The highest BCUT2D eigenvalue weighted by Crippen LogP contribution is 2.44. The van der Waals surface area contributed by atoms with Gasteiger partial charge in [-0.05, 0) is 47.1 Å². The lowest BCUT2D eigenvalue weighted by Crippen LogP contribution is -2.51. The predicted octanol–water partition coefficient (Wildman–Crippen LogP) is 3.63. The maximum Gasteiger partial charge on any atom is 0.407 e. The molecule has 0 saturated heterocycles. The normalized spacial score (nSPS) is 14.1. The molecule has 0 aliphatic heterocycles. The topological polar surface area (TPSA) is 105 Å². The minimum atomic E-state index is -1.11. The Balaban J connectivity index is 1.65. The van der Waals surface area contributed by atoms with E-state index in [1.54, 1.807) is 6.92 Å². The van der Waals surface area contributed by atoms with Crippen LogP contribution >= 0.6 is 11.8 Å². The largest absolute Gasteiger partial charge is 0.480 e. The second-order valence-electron chi connectivity index (χ2n) is 7.61. The first-order chi connectivity index (χ1) is 15.5. The summed E-state index contributed by atoms with van der Waals surface area (Å²) in [5, 5.41) is 14.3. The van der Waals surface area contributed by atoms with Crippen molar-refractivity contribution in [2.75, 3.05) is 18.6 Å². The van der Waals surface area contributed by atoms with E-state index in [1.807, 2.05) is 42.7 Å². The standard InChI is InChI=1S/C24H28N2O5S/c1-3-20(23(28)29)25-22(27)21(12-13-32-2)26-24(30)31-14-19-17-10-6-4-8-15(17)16-9-5-7-11-18(16)19/h4-11,19-21H,3,12-14H2,1-2H3,(H,25,27)(H,26,30)(H,28,29)/t20?,21-/m1/s1. The molecule has 1 aliphatic rings. The smallest absolute Gasteiger partial charge is 0.407 e. The molecule has 3 rings (SSSR count). The molecule has 32 heavy (non-hydrogen) atoms.